The first-order chi connectivity index (χ1) is 17.7. The Labute approximate surface area is 217 Å². The van der Waals surface area contributed by atoms with Crippen molar-refractivity contribution in [2.45, 2.75) is 18.2 Å². The van der Waals surface area contributed by atoms with Crippen molar-refractivity contribution in [2.75, 3.05) is 18.8 Å². The van der Waals surface area contributed by atoms with E-state index in [1.54, 1.807) is 37.2 Å². The normalized spacial score (nSPS) is 14.2. The van der Waals surface area contributed by atoms with Gasteiger partial charge in [-0.2, -0.15) is 0 Å². The zero-order chi connectivity index (χ0) is 26.2. The summed E-state index contributed by atoms with van der Waals surface area (Å²) in [6, 6.07) is 28.3. The minimum absolute atomic E-state index is 0.0107. The Bertz CT molecular complexity index is 1680. The monoisotopic (exact) mass is 508 g/mol. The van der Waals surface area contributed by atoms with Crippen LogP contribution in [-0.2, 0) is 14.8 Å². The summed E-state index contributed by atoms with van der Waals surface area (Å²) in [6.45, 7) is 2.02. The van der Waals surface area contributed by atoms with Gasteiger partial charge in [-0.3, -0.25) is 9.52 Å². The van der Waals surface area contributed by atoms with E-state index < -0.39 is 10.0 Å². The van der Waals surface area contributed by atoms with Crippen molar-refractivity contribution in [3.63, 3.8) is 0 Å². The summed E-state index contributed by atoms with van der Waals surface area (Å²) in [7, 11) is -0.330. The number of amides is 1. The van der Waals surface area contributed by atoms with E-state index in [0.29, 0.717) is 5.69 Å². The molecule has 186 valence electrons. The van der Waals surface area contributed by atoms with Crippen molar-refractivity contribution < 1.29 is 13.2 Å². The highest BCUT2D eigenvalue weighted by molar-refractivity contribution is 7.92. The van der Waals surface area contributed by atoms with Crippen molar-refractivity contribution >= 4 is 49.6 Å². The van der Waals surface area contributed by atoms with Crippen LogP contribution in [0.1, 0.15) is 30.0 Å². The lowest BCUT2D eigenvalue weighted by molar-refractivity contribution is -0.127. The van der Waals surface area contributed by atoms with Crippen molar-refractivity contribution in [1.82, 2.24) is 4.90 Å². The number of sulfonamides is 1. The molecule has 0 radical (unpaired) electrons. The number of nitrogens with one attached hydrogen (secondary N) is 1. The molecule has 0 aliphatic heterocycles. The van der Waals surface area contributed by atoms with Gasteiger partial charge in [0.1, 0.15) is 0 Å². The lowest BCUT2D eigenvalue weighted by atomic mass is 10.00. The smallest absolute Gasteiger partial charge is 0.261 e. The predicted molar refractivity (Wildman–Crippen MR) is 151 cm³/mol. The van der Waals surface area contributed by atoms with Crippen molar-refractivity contribution in [1.29, 1.82) is 0 Å². The zero-order valence-electron chi connectivity index (χ0n) is 21.0. The first-order valence-corrected chi connectivity index (χ1v) is 13.5. The molecule has 0 spiro atoms. The molecule has 0 aromatic heterocycles. The van der Waals surface area contributed by atoms with Gasteiger partial charge in [-0.25, -0.2) is 8.42 Å². The van der Waals surface area contributed by atoms with Crippen molar-refractivity contribution in [3.05, 3.63) is 113 Å². The number of allylic oxidation sites excluding steroid dienone is 2. The zero-order valence-corrected chi connectivity index (χ0v) is 21.8. The number of benzene rings is 4. The summed E-state index contributed by atoms with van der Waals surface area (Å²) in [5.74, 6) is -0.0107. The summed E-state index contributed by atoms with van der Waals surface area (Å²) < 4.78 is 29.3. The Morgan fingerprint density at radius 1 is 0.838 bits per heavy atom. The van der Waals surface area contributed by atoms with Gasteiger partial charge in [0.15, 0.2) is 0 Å². The highest BCUT2D eigenvalue weighted by Crippen LogP contribution is 2.45. The topological polar surface area (TPSA) is 66.5 Å². The number of anilines is 1. The predicted octanol–water partition coefficient (Wildman–Crippen LogP) is 6.45. The van der Waals surface area contributed by atoms with E-state index in [1.165, 1.54) is 0 Å². The third kappa shape index (κ3) is 4.93. The minimum Gasteiger partial charge on any atom is -0.349 e. The summed E-state index contributed by atoms with van der Waals surface area (Å²) in [4.78, 5) is 14.5. The number of hydrogen-bond acceptors (Lipinski definition) is 3. The Morgan fingerprint density at radius 2 is 1.54 bits per heavy atom. The lowest BCUT2D eigenvalue weighted by Crippen LogP contribution is -2.21. The fraction of sp³-hybridized carbons (Fsp3) is 0.129. The van der Waals surface area contributed by atoms with Crippen LogP contribution in [0.3, 0.4) is 0 Å². The van der Waals surface area contributed by atoms with Crippen LogP contribution in [0.2, 0.25) is 0 Å². The van der Waals surface area contributed by atoms with Gasteiger partial charge in [0, 0.05) is 19.8 Å². The van der Waals surface area contributed by atoms with Crippen molar-refractivity contribution in [3.8, 4) is 0 Å². The molecule has 0 saturated heterocycles. The summed E-state index contributed by atoms with van der Waals surface area (Å²) in [6.07, 6.45) is 2.35. The molecular weight excluding hydrogens is 480 g/mol. The molecule has 5 nitrogen and oxygen atoms in total. The number of nitrogens with zero attached hydrogens (tertiary/aromatic N) is 1. The van der Waals surface area contributed by atoms with Crippen LogP contribution in [0, 0.1) is 0 Å². The Balaban J connectivity index is 1.54. The highest BCUT2D eigenvalue weighted by atomic mass is 32.2. The molecule has 0 fully saturated rings. The van der Waals surface area contributed by atoms with Gasteiger partial charge in [0.05, 0.1) is 11.3 Å². The van der Waals surface area contributed by atoms with Gasteiger partial charge in [-0.1, -0.05) is 66.7 Å². The number of carbonyl (C=O) groups excluding carboxylic acids is 1. The van der Waals surface area contributed by atoms with E-state index >= 15 is 0 Å². The third-order valence-corrected chi connectivity index (χ3v) is 8.09. The molecule has 0 atom stereocenters. The fourth-order valence-electron chi connectivity index (χ4n) is 4.65. The Hall–Kier alpha value is -4.16. The third-order valence-electron chi connectivity index (χ3n) is 6.71. The molecule has 4 aromatic rings. The largest absolute Gasteiger partial charge is 0.349 e. The Kier molecular flexibility index (Phi) is 6.44. The van der Waals surface area contributed by atoms with Crippen LogP contribution in [-0.4, -0.2) is 33.3 Å². The number of rotatable bonds is 6. The molecule has 6 heteroatoms. The van der Waals surface area contributed by atoms with E-state index in [-0.39, 0.29) is 17.2 Å². The van der Waals surface area contributed by atoms with E-state index in [2.05, 4.69) is 10.8 Å². The highest BCUT2D eigenvalue weighted by Gasteiger charge is 2.27. The molecule has 5 rings (SSSR count). The molecule has 0 saturated carbocycles. The summed E-state index contributed by atoms with van der Waals surface area (Å²) in [5.41, 5.74) is 6.32. The van der Waals surface area contributed by atoms with E-state index in [1.807, 2.05) is 79.7 Å². The number of hydrogen-bond donors (Lipinski definition) is 1. The van der Waals surface area contributed by atoms with E-state index in [0.717, 1.165) is 44.2 Å². The second kappa shape index (κ2) is 9.71. The first kappa shape index (κ1) is 24.5. The molecule has 1 amide bonds. The van der Waals surface area contributed by atoms with Crippen LogP contribution in [0.4, 0.5) is 5.69 Å². The summed E-state index contributed by atoms with van der Waals surface area (Å²) >= 11 is 0. The molecule has 0 unspecified atom stereocenters. The molecule has 1 aliphatic rings. The number of fused-ring (bicyclic) bond motifs is 2. The van der Waals surface area contributed by atoms with Gasteiger partial charge >= 0.3 is 0 Å². The minimum atomic E-state index is -3.81. The molecule has 0 bridgehead atoms. The molecule has 1 N–H and O–H groups in total. The second-order valence-electron chi connectivity index (χ2n) is 9.41. The molecule has 4 aromatic carbocycles. The van der Waals surface area contributed by atoms with Gasteiger partial charge < -0.3 is 4.90 Å². The van der Waals surface area contributed by atoms with E-state index in [4.69, 9.17) is 0 Å². The van der Waals surface area contributed by atoms with E-state index in [9.17, 15) is 13.2 Å². The summed E-state index contributed by atoms with van der Waals surface area (Å²) in [5, 5.41) is 1.84. The van der Waals surface area contributed by atoms with Gasteiger partial charge in [-0.05, 0) is 81.4 Å². The average molecular weight is 509 g/mol. The van der Waals surface area contributed by atoms with Crippen LogP contribution in [0.25, 0.3) is 28.0 Å². The second-order valence-corrected chi connectivity index (χ2v) is 11.1. The van der Waals surface area contributed by atoms with Crippen LogP contribution < -0.4 is 4.72 Å². The van der Waals surface area contributed by atoms with Gasteiger partial charge in [0.25, 0.3) is 10.0 Å². The van der Waals surface area contributed by atoms with Crippen LogP contribution in [0.5, 0.6) is 0 Å². The maximum atomic E-state index is 13.3. The van der Waals surface area contributed by atoms with Gasteiger partial charge in [-0.15, -0.1) is 0 Å². The first-order valence-electron chi connectivity index (χ1n) is 12.1. The Morgan fingerprint density at radius 3 is 2.27 bits per heavy atom. The molecule has 1 aliphatic carbocycles. The average Bonchev–Trinajstić information content (AvgIpc) is 3.14. The quantitative estimate of drug-likeness (QED) is 0.326. The maximum absolute atomic E-state index is 13.3. The van der Waals surface area contributed by atoms with Crippen molar-refractivity contribution in [2.24, 2.45) is 0 Å². The fourth-order valence-corrected chi connectivity index (χ4v) is 5.73. The molecular formula is C31H28N2O3S. The molecule has 0 heterocycles. The van der Waals surface area contributed by atoms with Crippen LogP contribution in [0.15, 0.2) is 101 Å². The maximum Gasteiger partial charge on any atom is 0.261 e. The number of carbonyl (C=O) groups is 1. The molecule has 37 heavy (non-hydrogen) atoms. The van der Waals surface area contributed by atoms with Gasteiger partial charge in [0.2, 0.25) is 5.91 Å². The SMILES string of the molecule is CC1=C(CC(=O)N(C)C)c2cc(NS(=O)(=O)c3ccc4ccccc4c3)ccc2/C1=C\c1ccccc1. The lowest BCUT2D eigenvalue weighted by Gasteiger charge is -2.14. The standard InChI is InChI=1S/C31H28N2O3S/c1-21-28(17-22-9-5-4-6-10-22)27-16-14-25(19-30(27)29(21)20-31(34)33(2)3)32-37(35,36)26-15-13-23-11-7-8-12-24(23)18-26/h4-19,32H,20H2,1-3H3/b28-17-. The van der Waals surface area contributed by atoms with Crippen LogP contribution >= 0.6 is 0 Å².